The minimum Gasteiger partial charge on any atom is -0.449 e. The van der Waals surface area contributed by atoms with Crippen molar-refractivity contribution in [3.05, 3.63) is 167 Å². The monoisotopic (exact) mass is 847 g/mol. The standard InChI is InChI=1S/C51H61NO10/c53-50(61-41-49-47-23-12-10-21-45(47)46-22-11-13-24-48(46)49)52-25-14-26-54-27-28-55-29-30-56-31-32-57-33-34-58-35-36-59-37-38-60-39-40-62-51(42-15-4-1-5-16-42,43-17-6-2-7-18-43)44-19-8-3-9-20-44/h1-13,15-24,49H,14,25-41H2,(H,52,53). The third-order valence-electron chi connectivity index (χ3n) is 10.4. The lowest BCUT2D eigenvalue weighted by atomic mass is 9.80. The Morgan fingerprint density at radius 2 is 0.758 bits per heavy atom. The molecule has 11 heteroatoms. The van der Waals surface area contributed by atoms with Crippen molar-refractivity contribution in [3.8, 4) is 11.1 Å². The number of rotatable bonds is 31. The summed E-state index contributed by atoms with van der Waals surface area (Å²) in [5.74, 6) is 0.0468. The normalized spacial score (nSPS) is 12.3. The van der Waals surface area contributed by atoms with Crippen molar-refractivity contribution in [2.24, 2.45) is 0 Å². The summed E-state index contributed by atoms with van der Waals surface area (Å²) in [4.78, 5) is 12.3. The topological polar surface area (TPSA) is 112 Å². The van der Waals surface area contributed by atoms with Crippen molar-refractivity contribution < 1.29 is 47.4 Å². The summed E-state index contributed by atoms with van der Waals surface area (Å²) in [6.07, 6.45) is 0.267. The van der Waals surface area contributed by atoms with Crippen molar-refractivity contribution in [1.82, 2.24) is 5.32 Å². The molecule has 0 unspecified atom stereocenters. The molecule has 1 N–H and O–H groups in total. The van der Waals surface area contributed by atoms with E-state index in [0.29, 0.717) is 119 Å². The van der Waals surface area contributed by atoms with Gasteiger partial charge in [-0.1, -0.05) is 140 Å². The van der Waals surface area contributed by atoms with E-state index in [4.69, 9.17) is 42.6 Å². The Hall–Kier alpha value is -4.95. The van der Waals surface area contributed by atoms with E-state index < -0.39 is 11.7 Å². The molecule has 0 saturated heterocycles. The highest BCUT2D eigenvalue weighted by Crippen LogP contribution is 2.44. The Kier molecular flexibility index (Phi) is 20.4. The molecule has 0 aliphatic heterocycles. The number of amides is 1. The molecule has 1 aliphatic rings. The number of fused-ring (bicyclic) bond motifs is 3. The molecule has 6 rings (SSSR count). The summed E-state index contributed by atoms with van der Waals surface area (Å²) in [6.45, 7) is 7.89. The number of hydrogen-bond donors (Lipinski definition) is 1. The van der Waals surface area contributed by atoms with Crippen molar-refractivity contribution in [2.75, 3.05) is 112 Å². The number of carbonyl (C=O) groups excluding carboxylic acids is 1. The van der Waals surface area contributed by atoms with Crippen LogP contribution in [0.3, 0.4) is 0 Å². The fourth-order valence-corrected chi connectivity index (χ4v) is 7.46. The van der Waals surface area contributed by atoms with Crippen LogP contribution in [-0.4, -0.2) is 118 Å². The predicted octanol–water partition coefficient (Wildman–Crippen LogP) is 8.04. The van der Waals surface area contributed by atoms with Crippen LogP contribution in [-0.2, 0) is 48.2 Å². The fourth-order valence-electron chi connectivity index (χ4n) is 7.46. The second kappa shape index (κ2) is 27.2. The van der Waals surface area contributed by atoms with Gasteiger partial charge in [-0.15, -0.1) is 0 Å². The van der Waals surface area contributed by atoms with Crippen molar-refractivity contribution in [1.29, 1.82) is 0 Å². The van der Waals surface area contributed by atoms with E-state index in [1.165, 1.54) is 22.3 Å². The number of hydrogen-bond acceptors (Lipinski definition) is 10. The van der Waals surface area contributed by atoms with Gasteiger partial charge in [0, 0.05) is 19.1 Å². The smallest absolute Gasteiger partial charge is 0.407 e. The molecular weight excluding hydrogens is 787 g/mol. The molecule has 0 spiro atoms. The summed E-state index contributed by atoms with van der Waals surface area (Å²) >= 11 is 0. The van der Waals surface area contributed by atoms with Crippen LogP contribution < -0.4 is 5.32 Å². The first-order valence-electron chi connectivity index (χ1n) is 21.7. The number of benzene rings is 5. The highest BCUT2D eigenvalue weighted by molar-refractivity contribution is 5.79. The highest BCUT2D eigenvalue weighted by atomic mass is 16.6. The first-order chi connectivity index (χ1) is 30.8. The summed E-state index contributed by atoms with van der Waals surface area (Å²) in [7, 11) is 0. The maximum Gasteiger partial charge on any atom is 0.407 e. The Labute approximate surface area is 366 Å². The van der Waals surface area contributed by atoms with Crippen LogP contribution in [0.2, 0.25) is 0 Å². The lowest BCUT2D eigenvalue weighted by Crippen LogP contribution is -2.34. The lowest BCUT2D eigenvalue weighted by Gasteiger charge is -2.36. The molecule has 0 heterocycles. The van der Waals surface area contributed by atoms with Gasteiger partial charge >= 0.3 is 6.09 Å². The van der Waals surface area contributed by atoms with Gasteiger partial charge in [0.05, 0.1) is 92.5 Å². The third-order valence-corrected chi connectivity index (χ3v) is 10.4. The molecule has 0 bridgehead atoms. The largest absolute Gasteiger partial charge is 0.449 e. The Morgan fingerprint density at radius 1 is 0.419 bits per heavy atom. The molecule has 5 aromatic rings. The van der Waals surface area contributed by atoms with Gasteiger partial charge in [-0.3, -0.25) is 0 Å². The summed E-state index contributed by atoms with van der Waals surface area (Å²) < 4.78 is 51.8. The van der Waals surface area contributed by atoms with Crippen LogP contribution in [0.1, 0.15) is 40.2 Å². The molecule has 0 atom stereocenters. The van der Waals surface area contributed by atoms with Gasteiger partial charge in [0.15, 0.2) is 0 Å². The molecular formula is C51H61NO10. The number of ether oxygens (including phenoxy) is 9. The molecule has 1 amide bonds. The quantitative estimate of drug-likeness (QED) is 0.0348. The van der Waals surface area contributed by atoms with Crippen molar-refractivity contribution in [3.63, 3.8) is 0 Å². The van der Waals surface area contributed by atoms with E-state index >= 15 is 0 Å². The van der Waals surface area contributed by atoms with E-state index in [0.717, 1.165) is 16.7 Å². The summed E-state index contributed by atoms with van der Waals surface area (Å²) in [5, 5.41) is 2.81. The van der Waals surface area contributed by atoms with Crippen LogP contribution in [0.4, 0.5) is 4.79 Å². The van der Waals surface area contributed by atoms with Gasteiger partial charge in [-0.05, 0) is 45.4 Å². The average Bonchev–Trinajstić information content (AvgIpc) is 3.65. The van der Waals surface area contributed by atoms with E-state index in [1.54, 1.807) is 0 Å². The van der Waals surface area contributed by atoms with Crippen LogP contribution in [0.25, 0.3) is 11.1 Å². The van der Waals surface area contributed by atoms with Crippen molar-refractivity contribution >= 4 is 6.09 Å². The molecule has 62 heavy (non-hydrogen) atoms. The minimum atomic E-state index is -0.758. The molecule has 0 aromatic heterocycles. The van der Waals surface area contributed by atoms with Crippen molar-refractivity contribution in [2.45, 2.75) is 17.9 Å². The predicted molar refractivity (Wildman–Crippen MR) is 239 cm³/mol. The van der Waals surface area contributed by atoms with Crippen LogP contribution in [0.15, 0.2) is 140 Å². The maximum atomic E-state index is 12.3. The second-order valence-corrected chi connectivity index (χ2v) is 14.5. The third kappa shape index (κ3) is 14.3. The Balaban J connectivity index is 0.680. The summed E-state index contributed by atoms with van der Waals surface area (Å²) in [5.41, 5.74) is 7.24. The fraction of sp³-hybridized carbons (Fsp3) is 0.392. The van der Waals surface area contributed by atoms with Crippen LogP contribution in [0.5, 0.6) is 0 Å². The van der Waals surface area contributed by atoms with Gasteiger partial charge in [-0.25, -0.2) is 4.79 Å². The molecule has 11 nitrogen and oxygen atoms in total. The lowest BCUT2D eigenvalue weighted by molar-refractivity contribution is -0.0397. The SMILES string of the molecule is O=C(NCCCOCCOCCOCCOCCOCCOCCOCCOC(c1ccccc1)(c1ccccc1)c1ccccc1)OCC1c2ccccc2-c2ccccc21. The van der Waals surface area contributed by atoms with E-state index in [2.05, 4.69) is 66.0 Å². The highest BCUT2D eigenvalue weighted by Gasteiger charge is 2.37. The number of nitrogens with one attached hydrogen (secondary N) is 1. The molecule has 0 radical (unpaired) electrons. The van der Waals surface area contributed by atoms with Crippen LogP contribution >= 0.6 is 0 Å². The number of carbonyl (C=O) groups is 1. The van der Waals surface area contributed by atoms with Gasteiger partial charge in [-0.2, -0.15) is 0 Å². The first-order valence-corrected chi connectivity index (χ1v) is 21.7. The van der Waals surface area contributed by atoms with Gasteiger partial charge in [0.2, 0.25) is 0 Å². The zero-order valence-corrected chi connectivity index (χ0v) is 35.7. The molecule has 0 saturated carbocycles. The van der Waals surface area contributed by atoms with E-state index in [-0.39, 0.29) is 5.92 Å². The number of alkyl carbamates (subject to hydrolysis) is 1. The molecule has 5 aromatic carbocycles. The Morgan fingerprint density at radius 3 is 1.16 bits per heavy atom. The van der Waals surface area contributed by atoms with Gasteiger partial charge < -0.3 is 47.9 Å². The zero-order valence-electron chi connectivity index (χ0n) is 35.7. The molecule has 0 fully saturated rings. The first kappa shape index (κ1) is 46.6. The summed E-state index contributed by atoms with van der Waals surface area (Å²) in [6, 6.07) is 47.6. The molecule has 1 aliphatic carbocycles. The van der Waals surface area contributed by atoms with E-state index in [1.807, 2.05) is 78.9 Å². The Bertz CT molecular complexity index is 1820. The van der Waals surface area contributed by atoms with Gasteiger partial charge in [0.25, 0.3) is 0 Å². The second-order valence-electron chi connectivity index (χ2n) is 14.5. The maximum absolute atomic E-state index is 12.3. The average molecular weight is 848 g/mol. The van der Waals surface area contributed by atoms with Gasteiger partial charge in [0.1, 0.15) is 12.2 Å². The minimum absolute atomic E-state index is 0.0468. The van der Waals surface area contributed by atoms with Crippen LogP contribution in [0, 0.1) is 0 Å². The zero-order chi connectivity index (χ0) is 42.8. The van der Waals surface area contributed by atoms with E-state index in [9.17, 15) is 4.79 Å². The molecule has 330 valence electrons.